The van der Waals surface area contributed by atoms with Crippen molar-refractivity contribution < 1.29 is 5.11 Å². The Morgan fingerprint density at radius 1 is 1.05 bits per heavy atom. The van der Waals surface area contributed by atoms with Gasteiger partial charge in [0.2, 0.25) is 0 Å². The minimum absolute atomic E-state index is 0. The first-order chi connectivity index (χ1) is 10.1. The van der Waals surface area contributed by atoms with E-state index in [0.717, 1.165) is 22.1 Å². The standard InChI is InChI=1S/C17H16N2OS.ClH/c1-11-6-7-13(8-12(11)2)16-10-21-17(19-16)18-14-4-3-5-15(20)9-14;/h3-10,20H,1-2H3,(H,18,19);1H. The lowest BCUT2D eigenvalue weighted by Gasteiger charge is -2.03. The fourth-order valence-corrected chi connectivity index (χ4v) is 2.81. The molecule has 2 aromatic carbocycles. The number of thiazole rings is 1. The van der Waals surface area contributed by atoms with Gasteiger partial charge >= 0.3 is 0 Å². The smallest absolute Gasteiger partial charge is 0.187 e. The number of aromatic hydroxyl groups is 1. The van der Waals surface area contributed by atoms with Crippen molar-refractivity contribution in [3.63, 3.8) is 0 Å². The summed E-state index contributed by atoms with van der Waals surface area (Å²) in [6.07, 6.45) is 0. The van der Waals surface area contributed by atoms with Crippen molar-refractivity contribution in [3.8, 4) is 17.0 Å². The van der Waals surface area contributed by atoms with E-state index in [4.69, 9.17) is 0 Å². The van der Waals surface area contributed by atoms with Gasteiger partial charge in [0, 0.05) is 22.7 Å². The third-order valence-corrected chi connectivity index (χ3v) is 4.16. The third kappa shape index (κ3) is 3.59. The molecule has 5 heteroatoms. The molecule has 0 aliphatic carbocycles. The molecule has 0 unspecified atom stereocenters. The van der Waals surface area contributed by atoms with Crippen molar-refractivity contribution >= 4 is 34.6 Å². The van der Waals surface area contributed by atoms with Crippen LogP contribution in [-0.2, 0) is 0 Å². The summed E-state index contributed by atoms with van der Waals surface area (Å²) in [4.78, 5) is 4.60. The van der Waals surface area contributed by atoms with Crippen LogP contribution in [0.3, 0.4) is 0 Å². The lowest BCUT2D eigenvalue weighted by molar-refractivity contribution is 0.475. The van der Waals surface area contributed by atoms with Gasteiger partial charge in [-0.15, -0.1) is 23.7 Å². The minimum atomic E-state index is 0. The predicted molar refractivity (Wildman–Crippen MR) is 95.7 cm³/mol. The van der Waals surface area contributed by atoms with Gasteiger partial charge in [0.05, 0.1) is 5.69 Å². The van der Waals surface area contributed by atoms with Gasteiger partial charge in [0.25, 0.3) is 0 Å². The Kier molecular flexibility index (Phi) is 5.06. The van der Waals surface area contributed by atoms with Crippen LogP contribution in [0, 0.1) is 13.8 Å². The molecule has 2 N–H and O–H groups in total. The van der Waals surface area contributed by atoms with E-state index in [1.165, 1.54) is 11.1 Å². The molecule has 3 rings (SSSR count). The van der Waals surface area contributed by atoms with Crippen LogP contribution in [0.1, 0.15) is 11.1 Å². The Hall–Kier alpha value is -2.04. The number of anilines is 2. The van der Waals surface area contributed by atoms with Gasteiger partial charge in [0.15, 0.2) is 5.13 Å². The van der Waals surface area contributed by atoms with Crippen LogP contribution in [0.15, 0.2) is 47.8 Å². The summed E-state index contributed by atoms with van der Waals surface area (Å²) in [6, 6.07) is 13.4. The molecule has 22 heavy (non-hydrogen) atoms. The molecule has 0 radical (unpaired) electrons. The van der Waals surface area contributed by atoms with Crippen LogP contribution < -0.4 is 5.32 Å². The zero-order valence-electron chi connectivity index (χ0n) is 12.3. The largest absolute Gasteiger partial charge is 0.508 e. The molecule has 1 aromatic heterocycles. The molecule has 0 spiro atoms. The number of hydrogen-bond donors (Lipinski definition) is 2. The second-order valence-corrected chi connectivity index (χ2v) is 5.87. The number of nitrogens with zero attached hydrogens (tertiary/aromatic N) is 1. The topological polar surface area (TPSA) is 45.1 Å². The summed E-state index contributed by atoms with van der Waals surface area (Å²) in [5.41, 5.74) is 5.47. The summed E-state index contributed by atoms with van der Waals surface area (Å²) in [5.74, 6) is 0.242. The van der Waals surface area contributed by atoms with Crippen molar-refractivity contribution in [2.75, 3.05) is 5.32 Å². The molecule has 0 atom stereocenters. The molecule has 0 fully saturated rings. The number of halogens is 1. The van der Waals surface area contributed by atoms with E-state index in [-0.39, 0.29) is 18.2 Å². The van der Waals surface area contributed by atoms with E-state index >= 15 is 0 Å². The summed E-state index contributed by atoms with van der Waals surface area (Å²) >= 11 is 1.55. The van der Waals surface area contributed by atoms with Gasteiger partial charge in [-0.25, -0.2) is 4.98 Å². The molecule has 3 aromatic rings. The number of phenolic OH excluding ortho intramolecular Hbond substituents is 1. The van der Waals surface area contributed by atoms with E-state index in [0.29, 0.717) is 0 Å². The van der Waals surface area contributed by atoms with Crippen LogP contribution in [0.4, 0.5) is 10.8 Å². The molecule has 0 saturated carbocycles. The first-order valence-electron chi connectivity index (χ1n) is 6.71. The summed E-state index contributed by atoms with van der Waals surface area (Å²) in [7, 11) is 0. The number of phenols is 1. The Labute approximate surface area is 140 Å². The summed E-state index contributed by atoms with van der Waals surface area (Å²) in [6.45, 7) is 4.21. The van der Waals surface area contributed by atoms with E-state index in [1.54, 1.807) is 29.5 Å². The van der Waals surface area contributed by atoms with Gasteiger partial charge in [-0.3, -0.25) is 0 Å². The second-order valence-electron chi connectivity index (χ2n) is 5.01. The minimum Gasteiger partial charge on any atom is -0.508 e. The highest BCUT2D eigenvalue weighted by Gasteiger charge is 2.06. The van der Waals surface area contributed by atoms with Crippen LogP contribution in [0.5, 0.6) is 5.75 Å². The molecule has 3 nitrogen and oxygen atoms in total. The van der Waals surface area contributed by atoms with E-state index in [1.807, 2.05) is 11.4 Å². The van der Waals surface area contributed by atoms with Crippen LogP contribution in [0.2, 0.25) is 0 Å². The highest BCUT2D eigenvalue weighted by Crippen LogP contribution is 2.29. The van der Waals surface area contributed by atoms with Crippen LogP contribution in [-0.4, -0.2) is 10.1 Å². The highest BCUT2D eigenvalue weighted by atomic mass is 35.5. The Bertz CT molecular complexity index is 786. The molecule has 0 aliphatic heterocycles. The molecule has 114 valence electrons. The van der Waals surface area contributed by atoms with Crippen molar-refractivity contribution in [2.24, 2.45) is 0 Å². The second kappa shape index (κ2) is 6.81. The molecule has 1 heterocycles. The van der Waals surface area contributed by atoms with Gasteiger partial charge < -0.3 is 10.4 Å². The molecule has 0 saturated heterocycles. The number of benzene rings is 2. The van der Waals surface area contributed by atoms with Gasteiger partial charge in [-0.1, -0.05) is 18.2 Å². The fourth-order valence-electron chi connectivity index (χ4n) is 2.07. The normalized spacial score (nSPS) is 10.1. The monoisotopic (exact) mass is 332 g/mol. The number of rotatable bonds is 3. The van der Waals surface area contributed by atoms with Crippen LogP contribution >= 0.6 is 23.7 Å². The van der Waals surface area contributed by atoms with Crippen LogP contribution in [0.25, 0.3) is 11.3 Å². The zero-order chi connectivity index (χ0) is 14.8. The zero-order valence-corrected chi connectivity index (χ0v) is 14.0. The van der Waals surface area contributed by atoms with Gasteiger partial charge in [-0.05, 0) is 43.2 Å². The third-order valence-electron chi connectivity index (χ3n) is 3.40. The lowest BCUT2D eigenvalue weighted by Crippen LogP contribution is -1.89. The van der Waals surface area contributed by atoms with E-state index < -0.39 is 0 Å². The Morgan fingerprint density at radius 2 is 1.86 bits per heavy atom. The molecule has 0 amide bonds. The summed E-state index contributed by atoms with van der Waals surface area (Å²) in [5, 5.41) is 15.5. The van der Waals surface area contributed by atoms with Crippen molar-refractivity contribution in [3.05, 3.63) is 59.0 Å². The quantitative estimate of drug-likeness (QED) is 0.684. The predicted octanol–water partition coefficient (Wildman–Crippen LogP) is 5.30. The average molecular weight is 333 g/mol. The first kappa shape index (κ1) is 16.3. The van der Waals surface area contributed by atoms with Crippen molar-refractivity contribution in [1.82, 2.24) is 4.98 Å². The maximum atomic E-state index is 9.47. The van der Waals surface area contributed by atoms with E-state index in [2.05, 4.69) is 42.3 Å². The Balaban J connectivity index is 0.00000176. The number of aromatic nitrogens is 1. The fraction of sp³-hybridized carbons (Fsp3) is 0.118. The lowest BCUT2D eigenvalue weighted by atomic mass is 10.1. The van der Waals surface area contributed by atoms with Gasteiger partial charge in [0.1, 0.15) is 5.75 Å². The average Bonchev–Trinajstić information content (AvgIpc) is 2.90. The first-order valence-corrected chi connectivity index (χ1v) is 7.59. The summed E-state index contributed by atoms with van der Waals surface area (Å²) < 4.78 is 0. The maximum absolute atomic E-state index is 9.47. The Morgan fingerprint density at radius 3 is 2.59 bits per heavy atom. The maximum Gasteiger partial charge on any atom is 0.187 e. The number of nitrogens with one attached hydrogen (secondary N) is 1. The molecular formula is C17H17ClN2OS. The highest BCUT2D eigenvalue weighted by molar-refractivity contribution is 7.14. The SMILES string of the molecule is Cc1ccc(-c2csc(Nc3cccc(O)c3)n2)cc1C.Cl. The van der Waals surface area contributed by atoms with Gasteiger partial charge in [-0.2, -0.15) is 0 Å². The molecule has 0 aliphatic rings. The van der Waals surface area contributed by atoms with Crippen molar-refractivity contribution in [1.29, 1.82) is 0 Å². The molecule has 0 bridgehead atoms. The van der Waals surface area contributed by atoms with E-state index in [9.17, 15) is 5.11 Å². The van der Waals surface area contributed by atoms with Crippen molar-refractivity contribution in [2.45, 2.75) is 13.8 Å². The number of aryl methyl sites for hydroxylation is 2. The number of hydrogen-bond acceptors (Lipinski definition) is 4. The molecular weight excluding hydrogens is 316 g/mol.